The highest BCUT2D eigenvalue weighted by atomic mass is 19.1. The van der Waals surface area contributed by atoms with E-state index in [-0.39, 0.29) is 18.1 Å². The molecule has 0 aliphatic rings. The number of aromatic nitrogens is 1. The zero-order valence-electron chi connectivity index (χ0n) is 14.7. The second kappa shape index (κ2) is 7.78. The van der Waals surface area contributed by atoms with Crippen molar-refractivity contribution in [1.29, 1.82) is 0 Å². The lowest BCUT2D eigenvalue weighted by molar-refractivity contribution is -0.115. The Morgan fingerprint density at radius 3 is 2.62 bits per heavy atom. The van der Waals surface area contributed by atoms with Gasteiger partial charge >= 0.3 is 0 Å². The van der Waals surface area contributed by atoms with Crippen LogP contribution in [0.2, 0.25) is 0 Å². The predicted molar refractivity (Wildman–Crippen MR) is 102 cm³/mol. The SMILES string of the molecule is Cc1ccc(Nc2ccc(NC(=O)Cc3cccc(F)c3)nc2)c(C)c1. The summed E-state index contributed by atoms with van der Waals surface area (Å²) in [7, 11) is 0. The summed E-state index contributed by atoms with van der Waals surface area (Å²) in [6, 6.07) is 15.8. The second-order valence-electron chi connectivity index (χ2n) is 6.23. The van der Waals surface area contributed by atoms with Crippen LogP contribution in [0.4, 0.5) is 21.6 Å². The van der Waals surface area contributed by atoms with Crippen molar-refractivity contribution in [3.8, 4) is 0 Å². The number of hydrogen-bond acceptors (Lipinski definition) is 3. The molecule has 3 rings (SSSR count). The van der Waals surface area contributed by atoms with Gasteiger partial charge in [0.05, 0.1) is 18.3 Å². The zero-order chi connectivity index (χ0) is 18.5. The van der Waals surface area contributed by atoms with Gasteiger partial charge in [-0.1, -0.05) is 29.8 Å². The minimum absolute atomic E-state index is 0.0992. The number of rotatable bonds is 5. The molecule has 0 bridgehead atoms. The van der Waals surface area contributed by atoms with Crippen molar-refractivity contribution in [3.05, 3.63) is 83.3 Å². The molecule has 3 aromatic rings. The Bertz CT molecular complexity index is 923. The van der Waals surface area contributed by atoms with Crippen LogP contribution in [0.3, 0.4) is 0 Å². The van der Waals surface area contributed by atoms with Gasteiger partial charge in [-0.2, -0.15) is 0 Å². The summed E-state index contributed by atoms with van der Waals surface area (Å²) in [6.07, 6.45) is 1.76. The summed E-state index contributed by atoms with van der Waals surface area (Å²) in [5.74, 6) is -0.133. The first-order valence-corrected chi connectivity index (χ1v) is 8.34. The number of hydrogen-bond donors (Lipinski definition) is 2. The first kappa shape index (κ1) is 17.6. The highest BCUT2D eigenvalue weighted by Gasteiger charge is 2.06. The highest BCUT2D eigenvalue weighted by molar-refractivity contribution is 5.91. The fourth-order valence-corrected chi connectivity index (χ4v) is 2.67. The topological polar surface area (TPSA) is 54.0 Å². The van der Waals surface area contributed by atoms with Crippen molar-refractivity contribution in [1.82, 2.24) is 4.98 Å². The first-order valence-electron chi connectivity index (χ1n) is 8.34. The molecule has 132 valence electrons. The van der Waals surface area contributed by atoms with E-state index >= 15 is 0 Å². The minimum atomic E-state index is -0.352. The zero-order valence-corrected chi connectivity index (χ0v) is 14.7. The molecule has 0 spiro atoms. The van der Waals surface area contributed by atoms with Gasteiger partial charge in [-0.3, -0.25) is 4.79 Å². The minimum Gasteiger partial charge on any atom is -0.354 e. The van der Waals surface area contributed by atoms with Crippen molar-refractivity contribution in [3.63, 3.8) is 0 Å². The summed E-state index contributed by atoms with van der Waals surface area (Å²) in [5, 5.41) is 6.03. The number of amides is 1. The maximum Gasteiger partial charge on any atom is 0.229 e. The number of nitrogens with zero attached hydrogens (tertiary/aromatic N) is 1. The fourth-order valence-electron chi connectivity index (χ4n) is 2.67. The van der Waals surface area contributed by atoms with E-state index in [1.807, 2.05) is 25.1 Å². The molecule has 1 aromatic heterocycles. The molecule has 0 unspecified atom stereocenters. The second-order valence-corrected chi connectivity index (χ2v) is 6.23. The first-order chi connectivity index (χ1) is 12.5. The van der Waals surface area contributed by atoms with Gasteiger partial charge in [-0.25, -0.2) is 9.37 Å². The van der Waals surface area contributed by atoms with Crippen LogP contribution < -0.4 is 10.6 Å². The van der Waals surface area contributed by atoms with Gasteiger partial charge in [0.1, 0.15) is 11.6 Å². The van der Waals surface area contributed by atoms with Crippen molar-refractivity contribution >= 4 is 23.1 Å². The van der Waals surface area contributed by atoms with E-state index in [1.165, 1.54) is 17.7 Å². The Labute approximate surface area is 152 Å². The van der Waals surface area contributed by atoms with Crippen molar-refractivity contribution in [2.75, 3.05) is 10.6 Å². The third-order valence-corrected chi connectivity index (χ3v) is 3.95. The predicted octanol–water partition coefficient (Wildman–Crippen LogP) is 4.76. The van der Waals surface area contributed by atoms with Gasteiger partial charge in [0, 0.05) is 5.69 Å². The maximum absolute atomic E-state index is 13.2. The van der Waals surface area contributed by atoms with Crippen LogP contribution in [0.5, 0.6) is 0 Å². The molecular weight excluding hydrogens is 329 g/mol. The number of halogens is 1. The van der Waals surface area contributed by atoms with Gasteiger partial charge in [0.15, 0.2) is 0 Å². The molecule has 2 N–H and O–H groups in total. The number of aryl methyl sites for hydroxylation is 2. The third-order valence-electron chi connectivity index (χ3n) is 3.95. The largest absolute Gasteiger partial charge is 0.354 e. The molecule has 1 heterocycles. The molecule has 2 aromatic carbocycles. The average Bonchev–Trinajstić information content (AvgIpc) is 2.59. The number of benzene rings is 2. The molecule has 0 radical (unpaired) electrons. The summed E-state index contributed by atoms with van der Waals surface area (Å²) >= 11 is 0. The number of carbonyl (C=O) groups is 1. The van der Waals surface area contributed by atoms with E-state index < -0.39 is 0 Å². The molecule has 0 saturated heterocycles. The number of carbonyl (C=O) groups excluding carboxylic acids is 1. The number of anilines is 3. The van der Waals surface area contributed by atoms with Crippen LogP contribution in [0.25, 0.3) is 0 Å². The third kappa shape index (κ3) is 4.66. The lowest BCUT2D eigenvalue weighted by Gasteiger charge is -2.11. The van der Waals surface area contributed by atoms with Crippen LogP contribution in [-0.4, -0.2) is 10.9 Å². The Balaban J connectivity index is 1.61. The van der Waals surface area contributed by atoms with Crippen LogP contribution >= 0.6 is 0 Å². The lowest BCUT2D eigenvalue weighted by atomic mass is 10.1. The Morgan fingerprint density at radius 1 is 1.08 bits per heavy atom. The van der Waals surface area contributed by atoms with E-state index in [2.05, 4.69) is 28.6 Å². The van der Waals surface area contributed by atoms with E-state index in [1.54, 1.807) is 24.4 Å². The fraction of sp³-hybridized carbons (Fsp3) is 0.143. The summed E-state index contributed by atoms with van der Waals surface area (Å²) in [5.41, 5.74) is 4.83. The lowest BCUT2D eigenvalue weighted by Crippen LogP contribution is -2.15. The summed E-state index contributed by atoms with van der Waals surface area (Å²) in [4.78, 5) is 16.3. The Kier molecular flexibility index (Phi) is 5.27. The van der Waals surface area contributed by atoms with Crippen molar-refractivity contribution in [2.45, 2.75) is 20.3 Å². The van der Waals surface area contributed by atoms with Gasteiger partial charge in [0.2, 0.25) is 5.91 Å². The molecule has 0 fully saturated rings. The van der Waals surface area contributed by atoms with E-state index in [4.69, 9.17) is 0 Å². The highest BCUT2D eigenvalue weighted by Crippen LogP contribution is 2.21. The van der Waals surface area contributed by atoms with Crippen LogP contribution in [0.1, 0.15) is 16.7 Å². The summed E-state index contributed by atoms with van der Waals surface area (Å²) < 4.78 is 13.2. The number of pyridine rings is 1. The molecule has 0 aliphatic heterocycles. The molecule has 26 heavy (non-hydrogen) atoms. The van der Waals surface area contributed by atoms with Gasteiger partial charge < -0.3 is 10.6 Å². The molecule has 4 nitrogen and oxygen atoms in total. The van der Waals surface area contributed by atoms with E-state index in [0.29, 0.717) is 11.4 Å². The smallest absolute Gasteiger partial charge is 0.229 e. The van der Waals surface area contributed by atoms with Gasteiger partial charge in [0.25, 0.3) is 0 Å². The van der Waals surface area contributed by atoms with Gasteiger partial charge in [-0.15, -0.1) is 0 Å². The molecule has 0 aliphatic carbocycles. The molecular formula is C21H20FN3O. The Hall–Kier alpha value is -3.21. The van der Waals surface area contributed by atoms with Crippen LogP contribution in [0.15, 0.2) is 60.8 Å². The van der Waals surface area contributed by atoms with Crippen molar-refractivity contribution in [2.24, 2.45) is 0 Å². The molecule has 5 heteroatoms. The Morgan fingerprint density at radius 2 is 1.92 bits per heavy atom. The van der Waals surface area contributed by atoms with Crippen molar-refractivity contribution < 1.29 is 9.18 Å². The van der Waals surface area contributed by atoms with E-state index in [9.17, 15) is 9.18 Å². The standard InChI is InChI=1S/C21H20FN3O/c1-14-6-8-19(15(2)10-14)24-18-7-9-20(23-13-18)25-21(26)12-16-4-3-5-17(22)11-16/h3-11,13,24H,12H2,1-2H3,(H,23,25,26). The molecule has 0 saturated carbocycles. The maximum atomic E-state index is 13.2. The normalized spacial score (nSPS) is 10.4. The molecule has 1 amide bonds. The van der Waals surface area contributed by atoms with Crippen LogP contribution in [0, 0.1) is 19.7 Å². The summed E-state index contributed by atoms with van der Waals surface area (Å²) in [6.45, 7) is 4.10. The average molecular weight is 349 g/mol. The van der Waals surface area contributed by atoms with Crippen LogP contribution in [-0.2, 0) is 11.2 Å². The molecule has 0 atom stereocenters. The van der Waals surface area contributed by atoms with Gasteiger partial charge in [-0.05, 0) is 55.3 Å². The van der Waals surface area contributed by atoms with E-state index in [0.717, 1.165) is 16.9 Å². The quantitative estimate of drug-likeness (QED) is 0.698. The monoisotopic (exact) mass is 349 g/mol. The number of nitrogens with one attached hydrogen (secondary N) is 2.